The van der Waals surface area contributed by atoms with E-state index in [9.17, 15) is 4.57 Å². The Morgan fingerprint density at radius 2 is 1.94 bits per heavy atom. The van der Waals surface area contributed by atoms with Crippen LogP contribution in [-0.2, 0) is 18.1 Å². The summed E-state index contributed by atoms with van der Waals surface area (Å²) in [7, 11) is -3.41. The van der Waals surface area contributed by atoms with Crippen LogP contribution in [0.15, 0.2) is 12.7 Å². The van der Waals surface area contributed by atoms with Gasteiger partial charge in [-0.15, -0.1) is 6.58 Å². The maximum atomic E-state index is 12.1. The van der Waals surface area contributed by atoms with Crippen molar-refractivity contribution in [3.8, 4) is 0 Å². The van der Waals surface area contributed by atoms with E-state index >= 15 is 0 Å². The Balaban J connectivity index is 4.03. The molecule has 0 rings (SSSR count). The van der Waals surface area contributed by atoms with Crippen molar-refractivity contribution >= 4 is 7.82 Å². The Morgan fingerprint density at radius 1 is 1.24 bits per heavy atom. The summed E-state index contributed by atoms with van der Waals surface area (Å²) < 4.78 is 27.7. The molecule has 0 fully saturated rings. The molecule has 0 radical (unpaired) electrons. The third-order valence-corrected chi connectivity index (χ3v) is 3.83. The van der Waals surface area contributed by atoms with Crippen LogP contribution in [-0.4, -0.2) is 19.3 Å². The summed E-state index contributed by atoms with van der Waals surface area (Å²) in [6, 6.07) is 0. The fourth-order valence-corrected chi connectivity index (χ4v) is 2.57. The average molecular weight is 264 g/mol. The smallest absolute Gasteiger partial charge is 0.287 e. The van der Waals surface area contributed by atoms with Gasteiger partial charge in [-0.05, 0) is 20.3 Å². The van der Waals surface area contributed by atoms with Crippen LogP contribution in [0.2, 0.25) is 0 Å². The van der Waals surface area contributed by atoms with Gasteiger partial charge < -0.3 is 0 Å². The zero-order chi connectivity index (χ0) is 13.1. The van der Waals surface area contributed by atoms with Crippen LogP contribution < -0.4 is 0 Å². The molecule has 0 aliphatic carbocycles. The molecule has 5 heteroatoms. The molecule has 0 heterocycles. The van der Waals surface area contributed by atoms with Crippen molar-refractivity contribution < 1.29 is 18.1 Å². The topological polar surface area (TPSA) is 44.8 Å². The lowest BCUT2D eigenvalue weighted by Gasteiger charge is -2.19. The van der Waals surface area contributed by atoms with Crippen LogP contribution >= 0.6 is 7.82 Å². The highest BCUT2D eigenvalue weighted by molar-refractivity contribution is 7.48. The third kappa shape index (κ3) is 8.56. The molecule has 0 aromatic heterocycles. The molecule has 0 aromatic carbocycles. The van der Waals surface area contributed by atoms with Crippen molar-refractivity contribution in [1.82, 2.24) is 0 Å². The van der Waals surface area contributed by atoms with Gasteiger partial charge in [-0.3, -0.25) is 13.6 Å². The van der Waals surface area contributed by atoms with Gasteiger partial charge in [0.15, 0.2) is 0 Å². The highest BCUT2D eigenvalue weighted by Gasteiger charge is 2.27. The first kappa shape index (κ1) is 16.9. The lowest BCUT2D eigenvalue weighted by Crippen LogP contribution is -2.07. The van der Waals surface area contributed by atoms with Gasteiger partial charge in [0.1, 0.15) is 0 Å². The number of unbranched alkanes of at least 4 members (excludes halogenated alkanes) is 3. The third-order valence-electron chi connectivity index (χ3n) is 2.16. The minimum absolute atomic E-state index is 0.302. The predicted molar refractivity (Wildman–Crippen MR) is 70.1 cm³/mol. The highest BCUT2D eigenvalue weighted by atomic mass is 31.2. The van der Waals surface area contributed by atoms with E-state index in [0.717, 1.165) is 25.7 Å². The Kier molecular flexibility index (Phi) is 9.75. The first-order valence-electron chi connectivity index (χ1n) is 6.28. The molecule has 0 N–H and O–H groups in total. The Labute approximate surface area is 105 Å². The molecular weight excluding hydrogens is 239 g/mol. The number of phosphoric ester groups is 1. The number of phosphoric acid groups is 1. The average Bonchev–Trinajstić information content (AvgIpc) is 2.29. The van der Waals surface area contributed by atoms with Gasteiger partial charge in [0.25, 0.3) is 0 Å². The quantitative estimate of drug-likeness (QED) is 0.317. The van der Waals surface area contributed by atoms with Crippen molar-refractivity contribution in [3.63, 3.8) is 0 Å². The van der Waals surface area contributed by atoms with Crippen molar-refractivity contribution in [1.29, 1.82) is 0 Å². The number of hydrogen-bond acceptors (Lipinski definition) is 4. The van der Waals surface area contributed by atoms with Gasteiger partial charge in [-0.1, -0.05) is 32.3 Å². The summed E-state index contributed by atoms with van der Waals surface area (Å²) in [6.07, 6.45) is 5.48. The van der Waals surface area contributed by atoms with Crippen LogP contribution in [0.1, 0.15) is 46.5 Å². The first-order valence-corrected chi connectivity index (χ1v) is 7.74. The van der Waals surface area contributed by atoms with Crippen molar-refractivity contribution in [2.45, 2.75) is 52.6 Å². The number of hydrogen-bond donors (Lipinski definition) is 0. The zero-order valence-electron chi connectivity index (χ0n) is 11.2. The molecule has 0 aromatic rings. The van der Waals surface area contributed by atoms with Gasteiger partial charge in [-0.2, -0.15) is 0 Å². The van der Waals surface area contributed by atoms with E-state index in [4.69, 9.17) is 13.6 Å². The largest absolute Gasteiger partial charge is 0.475 e. The Hall–Kier alpha value is -0.150. The second-order valence-electron chi connectivity index (χ2n) is 3.81. The molecule has 0 aliphatic rings. The standard InChI is InChI=1S/C12H25O4P/c1-5-8-9-10-11-15-17(13,14-7-3)16-12(4)6-2/h6,12H,2,5,7-11H2,1,3-4H3/t12-,17+/m0/s1. The van der Waals surface area contributed by atoms with Crippen molar-refractivity contribution in [2.24, 2.45) is 0 Å². The molecule has 0 saturated heterocycles. The van der Waals surface area contributed by atoms with Crippen LogP contribution in [0.5, 0.6) is 0 Å². The Bertz CT molecular complexity index is 243. The minimum atomic E-state index is -3.41. The first-order chi connectivity index (χ1) is 8.08. The maximum absolute atomic E-state index is 12.1. The van der Waals surface area contributed by atoms with E-state index in [1.165, 1.54) is 0 Å². The second kappa shape index (κ2) is 9.84. The lowest BCUT2D eigenvalue weighted by atomic mass is 10.2. The molecule has 4 nitrogen and oxygen atoms in total. The molecule has 0 saturated carbocycles. The molecular formula is C12H25O4P. The molecule has 2 atom stereocenters. The second-order valence-corrected chi connectivity index (χ2v) is 5.43. The summed E-state index contributed by atoms with van der Waals surface area (Å²) in [5.41, 5.74) is 0. The highest BCUT2D eigenvalue weighted by Crippen LogP contribution is 2.50. The lowest BCUT2D eigenvalue weighted by molar-refractivity contribution is 0.101. The van der Waals surface area contributed by atoms with Gasteiger partial charge in [0.05, 0.1) is 19.3 Å². The summed E-state index contributed by atoms with van der Waals surface area (Å²) in [5.74, 6) is 0. The molecule has 0 aliphatic heterocycles. The molecule has 0 bridgehead atoms. The zero-order valence-corrected chi connectivity index (χ0v) is 12.1. The SMILES string of the molecule is C=C[C@H](C)O[P@](=O)(OCC)OCCCCCC. The fraction of sp³-hybridized carbons (Fsp3) is 0.833. The van der Waals surface area contributed by atoms with E-state index in [1.807, 2.05) is 0 Å². The molecule has 0 unspecified atom stereocenters. The Morgan fingerprint density at radius 3 is 2.47 bits per heavy atom. The van der Waals surface area contributed by atoms with Crippen LogP contribution in [0.3, 0.4) is 0 Å². The van der Waals surface area contributed by atoms with Crippen molar-refractivity contribution in [3.05, 3.63) is 12.7 Å². The summed E-state index contributed by atoms with van der Waals surface area (Å²) >= 11 is 0. The van der Waals surface area contributed by atoms with Crippen LogP contribution in [0.25, 0.3) is 0 Å². The maximum Gasteiger partial charge on any atom is 0.475 e. The van der Waals surface area contributed by atoms with Gasteiger partial charge in [0.2, 0.25) is 0 Å². The van der Waals surface area contributed by atoms with Crippen molar-refractivity contribution in [2.75, 3.05) is 13.2 Å². The molecule has 102 valence electrons. The molecule has 17 heavy (non-hydrogen) atoms. The summed E-state index contributed by atoms with van der Waals surface area (Å²) in [6.45, 7) is 9.92. The van der Waals surface area contributed by atoms with Gasteiger partial charge in [-0.25, -0.2) is 4.57 Å². The summed E-state index contributed by atoms with van der Waals surface area (Å²) in [5, 5.41) is 0. The molecule has 0 amide bonds. The summed E-state index contributed by atoms with van der Waals surface area (Å²) in [4.78, 5) is 0. The monoisotopic (exact) mass is 264 g/mol. The van der Waals surface area contributed by atoms with E-state index < -0.39 is 7.82 Å². The van der Waals surface area contributed by atoms with E-state index in [-0.39, 0.29) is 6.10 Å². The molecule has 0 spiro atoms. The predicted octanol–water partition coefficient (Wildman–Crippen LogP) is 4.32. The normalized spacial score (nSPS) is 16.4. The van der Waals surface area contributed by atoms with E-state index in [1.54, 1.807) is 19.9 Å². The van der Waals surface area contributed by atoms with Crippen LogP contribution in [0.4, 0.5) is 0 Å². The minimum Gasteiger partial charge on any atom is -0.287 e. The van der Waals surface area contributed by atoms with E-state index in [0.29, 0.717) is 13.2 Å². The number of rotatable bonds is 11. The van der Waals surface area contributed by atoms with Gasteiger partial charge >= 0.3 is 7.82 Å². The van der Waals surface area contributed by atoms with E-state index in [2.05, 4.69) is 13.5 Å². The fourth-order valence-electron chi connectivity index (χ4n) is 1.21. The van der Waals surface area contributed by atoms with Crippen LogP contribution in [0, 0.1) is 0 Å². The van der Waals surface area contributed by atoms with Gasteiger partial charge in [0, 0.05) is 0 Å².